The van der Waals surface area contributed by atoms with Crippen LogP contribution in [0.5, 0.6) is 0 Å². The monoisotopic (exact) mass is 410 g/mol. The highest BCUT2D eigenvalue weighted by atomic mass is 16.5. The van der Waals surface area contributed by atoms with Crippen LogP contribution >= 0.6 is 0 Å². The summed E-state index contributed by atoms with van der Waals surface area (Å²) in [6.45, 7) is 2.94. The molecule has 7 heteroatoms. The fourth-order valence-corrected chi connectivity index (χ4v) is 4.72. The van der Waals surface area contributed by atoms with Crippen molar-refractivity contribution < 1.29 is 14.1 Å². The van der Waals surface area contributed by atoms with E-state index < -0.39 is 5.41 Å². The Balaban J connectivity index is 1.48. The van der Waals surface area contributed by atoms with E-state index in [9.17, 15) is 9.59 Å². The van der Waals surface area contributed by atoms with Crippen LogP contribution in [-0.2, 0) is 16.0 Å². The van der Waals surface area contributed by atoms with Gasteiger partial charge < -0.3 is 19.6 Å². The number of piperidine rings is 1. The maximum absolute atomic E-state index is 13.1. The molecule has 160 valence electrons. The van der Waals surface area contributed by atoms with Crippen molar-refractivity contribution in [3.63, 3.8) is 0 Å². The Kier molecular flexibility index (Phi) is 5.90. The summed E-state index contributed by atoms with van der Waals surface area (Å²) >= 11 is 0. The molecule has 4 rings (SSSR count). The zero-order valence-electron chi connectivity index (χ0n) is 17.8. The summed E-state index contributed by atoms with van der Waals surface area (Å²) in [6.07, 6.45) is 2.85. The van der Waals surface area contributed by atoms with Crippen molar-refractivity contribution >= 4 is 11.8 Å². The summed E-state index contributed by atoms with van der Waals surface area (Å²) in [5.74, 6) is 0.887. The second-order valence-electron chi connectivity index (χ2n) is 8.67. The van der Waals surface area contributed by atoms with Crippen LogP contribution in [0.25, 0.3) is 11.3 Å². The molecule has 2 aromatic rings. The molecule has 0 unspecified atom stereocenters. The fraction of sp³-hybridized carbons (Fsp3) is 0.522. The molecule has 0 bridgehead atoms. The quantitative estimate of drug-likeness (QED) is 0.818. The summed E-state index contributed by atoms with van der Waals surface area (Å²) in [7, 11) is 3.75. The largest absolute Gasteiger partial charge is 0.361 e. The molecule has 0 radical (unpaired) electrons. The lowest BCUT2D eigenvalue weighted by Gasteiger charge is -2.32. The molecule has 0 saturated carbocycles. The second-order valence-corrected chi connectivity index (χ2v) is 8.67. The summed E-state index contributed by atoms with van der Waals surface area (Å²) in [5.41, 5.74) is 1.06. The SMILES string of the molecule is CNC(=O)[C@]1(Cc2cc(-c3ccccc3)no2)CCN(C(=O)C2CCN(C)CC2)C1. The van der Waals surface area contributed by atoms with Gasteiger partial charge in [-0.1, -0.05) is 35.5 Å². The normalized spacial score (nSPS) is 22.9. The predicted molar refractivity (Wildman–Crippen MR) is 114 cm³/mol. The van der Waals surface area contributed by atoms with E-state index in [-0.39, 0.29) is 17.7 Å². The predicted octanol–water partition coefficient (Wildman–Crippen LogP) is 2.19. The van der Waals surface area contributed by atoms with Crippen LogP contribution in [0.15, 0.2) is 40.9 Å². The van der Waals surface area contributed by atoms with Gasteiger partial charge in [0.05, 0.1) is 5.41 Å². The number of nitrogens with zero attached hydrogens (tertiary/aromatic N) is 3. The highest BCUT2D eigenvalue weighted by molar-refractivity contribution is 5.86. The molecule has 1 aromatic carbocycles. The first-order valence-electron chi connectivity index (χ1n) is 10.7. The number of hydrogen-bond acceptors (Lipinski definition) is 5. The molecule has 3 heterocycles. The maximum Gasteiger partial charge on any atom is 0.228 e. The number of aromatic nitrogens is 1. The van der Waals surface area contributed by atoms with Gasteiger partial charge in [0.25, 0.3) is 0 Å². The van der Waals surface area contributed by atoms with E-state index in [1.165, 1.54) is 0 Å². The molecule has 30 heavy (non-hydrogen) atoms. The number of hydrogen-bond donors (Lipinski definition) is 1. The number of amides is 2. The van der Waals surface area contributed by atoms with Gasteiger partial charge in [0, 0.05) is 44.1 Å². The van der Waals surface area contributed by atoms with Gasteiger partial charge in [0.1, 0.15) is 11.5 Å². The Hall–Kier alpha value is -2.67. The Labute approximate surface area is 177 Å². The van der Waals surface area contributed by atoms with Crippen LogP contribution in [0.4, 0.5) is 0 Å². The average molecular weight is 411 g/mol. The fourth-order valence-electron chi connectivity index (χ4n) is 4.72. The summed E-state index contributed by atoms with van der Waals surface area (Å²) in [6, 6.07) is 11.7. The van der Waals surface area contributed by atoms with Gasteiger partial charge in [-0.3, -0.25) is 9.59 Å². The van der Waals surface area contributed by atoms with Crippen LogP contribution in [0.2, 0.25) is 0 Å². The lowest BCUT2D eigenvalue weighted by molar-refractivity contribution is -0.137. The van der Waals surface area contributed by atoms with E-state index in [0.29, 0.717) is 31.7 Å². The standard InChI is InChI=1S/C23H30N4O3/c1-24-22(29)23(15-19-14-20(25-30-19)17-6-4-3-5-7-17)10-13-27(16-23)21(28)18-8-11-26(2)12-9-18/h3-7,14,18H,8-13,15-16H2,1-2H3,(H,24,29)/t23-/m0/s1. The zero-order chi connectivity index (χ0) is 21.1. The smallest absolute Gasteiger partial charge is 0.228 e. The molecule has 2 saturated heterocycles. The van der Waals surface area contributed by atoms with E-state index in [1.54, 1.807) is 7.05 Å². The first-order valence-corrected chi connectivity index (χ1v) is 10.7. The van der Waals surface area contributed by atoms with Gasteiger partial charge in [0.2, 0.25) is 11.8 Å². The van der Waals surface area contributed by atoms with Crippen molar-refractivity contribution in [1.82, 2.24) is 20.3 Å². The molecule has 0 aliphatic carbocycles. The Morgan fingerprint density at radius 3 is 2.63 bits per heavy atom. The van der Waals surface area contributed by atoms with E-state index in [2.05, 4.69) is 22.4 Å². The molecule has 2 aliphatic rings. The minimum absolute atomic E-state index is 0.0427. The van der Waals surface area contributed by atoms with Crippen LogP contribution in [-0.4, -0.2) is 67.0 Å². The van der Waals surface area contributed by atoms with E-state index in [4.69, 9.17) is 4.52 Å². The average Bonchev–Trinajstić information content (AvgIpc) is 3.42. The van der Waals surface area contributed by atoms with Crippen molar-refractivity contribution in [2.24, 2.45) is 11.3 Å². The maximum atomic E-state index is 13.1. The van der Waals surface area contributed by atoms with Gasteiger partial charge in [-0.15, -0.1) is 0 Å². The zero-order valence-corrected chi connectivity index (χ0v) is 17.8. The lowest BCUT2D eigenvalue weighted by Crippen LogP contribution is -2.46. The summed E-state index contributed by atoms with van der Waals surface area (Å²) < 4.78 is 5.59. The van der Waals surface area contributed by atoms with Gasteiger partial charge in [-0.2, -0.15) is 0 Å². The van der Waals surface area contributed by atoms with Gasteiger partial charge >= 0.3 is 0 Å². The molecule has 7 nitrogen and oxygen atoms in total. The Bertz CT molecular complexity index is 889. The molecule has 1 aromatic heterocycles. The molecule has 0 spiro atoms. The highest BCUT2D eigenvalue weighted by Gasteiger charge is 2.47. The van der Waals surface area contributed by atoms with Crippen LogP contribution in [0.3, 0.4) is 0 Å². The summed E-state index contributed by atoms with van der Waals surface area (Å²) in [5, 5.41) is 6.99. The van der Waals surface area contributed by atoms with Crippen LogP contribution in [0, 0.1) is 11.3 Å². The molecule has 1 N–H and O–H groups in total. The molecular weight excluding hydrogens is 380 g/mol. The van der Waals surface area contributed by atoms with Gasteiger partial charge in [-0.25, -0.2) is 0 Å². The topological polar surface area (TPSA) is 78.7 Å². The Morgan fingerprint density at radius 2 is 1.93 bits per heavy atom. The minimum Gasteiger partial charge on any atom is -0.361 e. The van der Waals surface area contributed by atoms with Crippen molar-refractivity contribution in [1.29, 1.82) is 0 Å². The third-order valence-corrected chi connectivity index (χ3v) is 6.58. The van der Waals surface area contributed by atoms with Crippen molar-refractivity contribution in [3.05, 3.63) is 42.2 Å². The third-order valence-electron chi connectivity index (χ3n) is 6.58. The molecule has 2 amide bonds. The van der Waals surface area contributed by atoms with Crippen molar-refractivity contribution in [2.75, 3.05) is 40.3 Å². The minimum atomic E-state index is -0.677. The van der Waals surface area contributed by atoms with Crippen molar-refractivity contribution in [2.45, 2.75) is 25.7 Å². The molecular formula is C23H30N4O3. The van der Waals surface area contributed by atoms with E-state index in [0.717, 1.165) is 37.2 Å². The number of rotatable bonds is 5. The summed E-state index contributed by atoms with van der Waals surface area (Å²) in [4.78, 5) is 30.1. The first-order chi connectivity index (χ1) is 14.5. The van der Waals surface area contributed by atoms with Gasteiger partial charge in [-0.05, 0) is 39.4 Å². The molecule has 2 aliphatic heterocycles. The van der Waals surface area contributed by atoms with E-state index in [1.807, 2.05) is 41.3 Å². The third kappa shape index (κ3) is 4.12. The highest BCUT2D eigenvalue weighted by Crippen LogP contribution is 2.37. The second kappa shape index (κ2) is 8.60. The number of benzene rings is 1. The number of nitrogens with one attached hydrogen (secondary N) is 1. The van der Waals surface area contributed by atoms with Crippen LogP contribution < -0.4 is 5.32 Å². The Morgan fingerprint density at radius 1 is 1.20 bits per heavy atom. The molecule has 1 atom stereocenters. The van der Waals surface area contributed by atoms with E-state index >= 15 is 0 Å². The van der Waals surface area contributed by atoms with Gasteiger partial charge in [0.15, 0.2) is 0 Å². The lowest BCUT2D eigenvalue weighted by atomic mass is 9.81. The number of likely N-dealkylation sites (tertiary alicyclic amines) is 2. The number of carbonyl (C=O) groups excluding carboxylic acids is 2. The van der Waals surface area contributed by atoms with Crippen LogP contribution in [0.1, 0.15) is 25.0 Å². The first kappa shape index (κ1) is 20.6. The molecule has 2 fully saturated rings. The van der Waals surface area contributed by atoms with Crippen molar-refractivity contribution in [3.8, 4) is 11.3 Å². The number of carbonyl (C=O) groups is 2.